The molecule has 1 aromatic rings. The highest BCUT2D eigenvalue weighted by Crippen LogP contribution is 2.13. The fraction of sp³-hybridized carbons (Fsp3) is 0.556. The lowest BCUT2D eigenvalue weighted by Gasteiger charge is -2.32. The Morgan fingerprint density at radius 2 is 1.91 bits per heavy atom. The van der Waals surface area contributed by atoms with Gasteiger partial charge in [-0.05, 0) is 37.3 Å². The number of halogens is 1. The van der Waals surface area contributed by atoms with E-state index in [-0.39, 0.29) is 30.1 Å². The van der Waals surface area contributed by atoms with Crippen LogP contribution in [0.2, 0.25) is 0 Å². The van der Waals surface area contributed by atoms with E-state index < -0.39 is 0 Å². The van der Waals surface area contributed by atoms with E-state index in [2.05, 4.69) is 5.32 Å². The van der Waals surface area contributed by atoms with Crippen molar-refractivity contribution in [3.05, 3.63) is 35.6 Å². The third-order valence-electron chi connectivity index (χ3n) is 4.26. The van der Waals surface area contributed by atoms with Crippen molar-refractivity contribution in [2.75, 3.05) is 13.1 Å². The third kappa shape index (κ3) is 5.34. The highest BCUT2D eigenvalue weighted by Gasteiger charge is 2.23. The Labute approximate surface area is 137 Å². The van der Waals surface area contributed by atoms with Crippen molar-refractivity contribution in [1.82, 2.24) is 10.2 Å². The van der Waals surface area contributed by atoms with Gasteiger partial charge >= 0.3 is 0 Å². The first-order chi connectivity index (χ1) is 11.1. The first-order valence-electron chi connectivity index (χ1n) is 8.40. The smallest absolute Gasteiger partial charge is 0.222 e. The molecule has 1 aromatic carbocycles. The summed E-state index contributed by atoms with van der Waals surface area (Å²) in [7, 11) is 0. The van der Waals surface area contributed by atoms with Gasteiger partial charge in [0.1, 0.15) is 5.82 Å². The minimum absolute atomic E-state index is 0.0495. The molecule has 1 heterocycles. The van der Waals surface area contributed by atoms with Crippen LogP contribution in [-0.2, 0) is 16.0 Å². The molecule has 0 radical (unpaired) electrons. The Balaban J connectivity index is 1.71. The van der Waals surface area contributed by atoms with Gasteiger partial charge < -0.3 is 10.2 Å². The van der Waals surface area contributed by atoms with Crippen LogP contribution in [0.1, 0.15) is 44.6 Å². The number of hydrogen-bond donors (Lipinski definition) is 1. The first kappa shape index (κ1) is 17.4. The number of rotatable bonds is 6. The zero-order chi connectivity index (χ0) is 16.7. The molecule has 2 amide bonds. The van der Waals surface area contributed by atoms with Gasteiger partial charge in [-0.3, -0.25) is 9.59 Å². The molecule has 1 aliphatic rings. The van der Waals surface area contributed by atoms with Crippen LogP contribution in [0.5, 0.6) is 0 Å². The molecule has 0 unspecified atom stereocenters. The van der Waals surface area contributed by atoms with Crippen molar-refractivity contribution in [3.8, 4) is 0 Å². The average molecular weight is 320 g/mol. The van der Waals surface area contributed by atoms with Crippen LogP contribution < -0.4 is 5.32 Å². The number of amides is 2. The number of benzene rings is 1. The normalized spacial score (nSPS) is 15.5. The van der Waals surface area contributed by atoms with Crippen LogP contribution in [0.4, 0.5) is 4.39 Å². The molecule has 0 spiro atoms. The van der Waals surface area contributed by atoms with Crippen molar-refractivity contribution < 1.29 is 14.0 Å². The number of nitrogens with one attached hydrogen (secondary N) is 1. The molecule has 5 heteroatoms. The molecule has 2 rings (SSSR count). The van der Waals surface area contributed by atoms with Crippen molar-refractivity contribution in [2.45, 2.75) is 51.5 Å². The molecular weight excluding hydrogens is 295 g/mol. The van der Waals surface area contributed by atoms with Crippen LogP contribution in [0, 0.1) is 5.82 Å². The van der Waals surface area contributed by atoms with Gasteiger partial charge in [0, 0.05) is 32.0 Å². The zero-order valence-electron chi connectivity index (χ0n) is 13.7. The molecular formula is C18H25FN2O2. The van der Waals surface area contributed by atoms with E-state index in [0.717, 1.165) is 19.3 Å². The molecule has 0 aliphatic carbocycles. The number of aryl methyl sites for hydroxylation is 1. The van der Waals surface area contributed by atoms with Gasteiger partial charge in [-0.2, -0.15) is 0 Å². The molecule has 0 atom stereocenters. The van der Waals surface area contributed by atoms with Gasteiger partial charge in [0.15, 0.2) is 0 Å². The predicted octanol–water partition coefficient (Wildman–Crippen LogP) is 2.67. The molecule has 1 N–H and O–H groups in total. The minimum Gasteiger partial charge on any atom is -0.353 e. The van der Waals surface area contributed by atoms with Gasteiger partial charge in [0.05, 0.1) is 0 Å². The quantitative estimate of drug-likeness (QED) is 0.876. The van der Waals surface area contributed by atoms with Crippen LogP contribution in [0.3, 0.4) is 0 Å². The van der Waals surface area contributed by atoms with Crippen molar-refractivity contribution >= 4 is 11.8 Å². The highest BCUT2D eigenvalue weighted by atomic mass is 19.1. The van der Waals surface area contributed by atoms with E-state index in [1.165, 1.54) is 6.07 Å². The SMILES string of the molecule is CCCC(=O)N1CCC(NC(=O)CCc2ccccc2F)CC1. The van der Waals surface area contributed by atoms with Crippen LogP contribution in [0.25, 0.3) is 0 Å². The summed E-state index contributed by atoms with van der Waals surface area (Å²) in [5, 5.41) is 3.00. The summed E-state index contributed by atoms with van der Waals surface area (Å²) in [4.78, 5) is 25.7. The second-order valence-electron chi connectivity index (χ2n) is 6.06. The monoisotopic (exact) mass is 320 g/mol. The number of carbonyl (C=O) groups excluding carboxylic acids is 2. The van der Waals surface area contributed by atoms with E-state index >= 15 is 0 Å². The number of carbonyl (C=O) groups is 2. The second-order valence-corrected chi connectivity index (χ2v) is 6.06. The maximum atomic E-state index is 13.5. The van der Waals surface area contributed by atoms with Crippen LogP contribution in [-0.4, -0.2) is 35.8 Å². The summed E-state index contributed by atoms with van der Waals surface area (Å²) >= 11 is 0. The average Bonchev–Trinajstić information content (AvgIpc) is 2.55. The van der Waals surface area contributed by atoms with Gasteiger partial charge in [-0.25, -0.2) is 4.39 Å². The lowest BCUT2D eigenvalue weighted by molar-refractivity contribution is -0.132. The lowest BCUT2D eigenvalue weighted by atomic mass is 10.0. The van der Waals surface area contributed by atoms with Crippen molar-refractivity contribution in [2.24, 2.45) is 0 Å². The van der Waals surface area contributed by atoms with E-state index in [9.17, 15) is 14.0 Å². The van der Waals surface area contributed by atoms with Gasteiger partial charge in [-0.15, -0.1) is 0 Å². The molecule has 0 saturated carbocycles. The Morgan fingerprint density at radius 1 is 1.22 bits per heavy atom. The van der Waals surface area contributed by atoms with E-state index in [1.807, 2.05) is 11.8 Å². The summed E-state index contributed by atoms with van der Waals surface area (Å²) in [5.41, 5.74) is 0.572. The Morgan fingerprint density at radius 3 is 2.57 bits per heavy atom. The standard InChI is InChI=1S/C18H25FN2O2/c1-2-5-18(23)21-12-10-15(11-13-21)20-17(22)9-8-14-6-3-4-7-16(14)19/h3-4,6-7,15H,2,5,8-13H2,1H3,(H,20,22). The van der Waals surface area contributed by atoms with Gasteiger partial charge in [-0.1, -0.05) is 25.1 Å². The summed E-state index contributed by atoms with van der Waals surface area (Å²) in [6.45, 7) is 3.41. The number of piperidine rings is 1. The number of likely N-dealkylation sites (tertiary alicyclic amines) is 1. The molecule has 0 aromatic heterocycles. The van der Waals surface area contributed by atoms with Gasteiger partial charge in [0.25, 0.3) is 0 Å². The summed E-state index contributed by atoms with van der Waals surface area (Å²) < 4.78 is 13.5. The van der Waals surface area contributed by atoms with Gasteiger partial charge in [0.2, 0.25) is 11.8 Å². The van der Waals surface area contributed by atoms with Crippen LogP contribution in [0.15, 0.2) is 24.3 Å². The molecule has 0 bridgehead atoms. The van der Waals surface area contributed by atoms with Crippen molar-refractivity contribution in [1.29, 1.82) is 0 Å². The van der Waals surface area contributed by atoms with Crippen molar-refractivity contribution in [3.63, 3.8) is 0 Å². The van der Waals surface area contributed by atoms with E-state index in [0.29, 0.717) is 31.5 Å². The Kier molecular flexibility index (Phi) is 6.56. The zero-order valence-corrected chi connectivity index (χ0v) is 13.7. The maximum Gasteiger partial charge on any atom is 0.222 e. The fourth-order valence-electron chi connectivity index (χ4n) is 2.89. The molecule has 126 valence electrons. The minimum atomic E-state index is -0.261. The maximum absolute atomic E-state index is 13.5. The first-order valence-corrected chi connectivity index (χ1v) is 8.40. The lowest BCUT2D eigenvalue weighted by Crippen LogP contribution is -2.46. The summed E-state index contributed by atoms with van der Waals surface area (Å²) in [5.74, 6) is -0.105. The third-order valence-corrected chi connectivity index (χ3v) is 4.26. The molecule has 4 nitrogen and oxygen atoms in total. The predicted molar refractivity (Wildman–Crippen MR) is 87.4 cm³/mol. The number of nitrogens with zero attached hydrogens (tertiary/aromatic N) is 1. The molecule has 1 fully saturated rings. The summed E-state index contributed by atoms with van der Waals surface area (Å²) in [6, 6.07) is 6.66. The van der Waals surface area contributed by atoms with E-state index in [1.54, 1.807) is 18.2 Å². The number of hydrogen-bond acceptors (Lipinski definition) is 2. The molecule has 23 heavy (non-hydrogen) atoms. The molecule has 1 saturated heterocycles. The highest BCUT2D eigenvalue weighted by molar-refractivity contribution is 5.77. The largest absolute Gasteiger partial charge is 0.353 e. The topological polar surface area (TPSA) is 49.4 Å². The molecule has 1 aliphatic heterocycles. The summed E-state index contributed by atoms with van der Waals surface area (Å²) in [6.07, 6.45) is 3.75. The Bertz CT molecular complexity index is 540. The van der Waals surface area contributed by atoms with Crippen LogP contribution >= 0.6 is 0 Å². The fourth-order valence-corrected chi connectivity index (χ4v) is 2.89. The Hall–Kier alpha value is -1.91. The second kappa shape index (κ2) is 8.65. The van der Waals surface area contributed by atoms with E-state index in [4.69, 9.17) is 0 Å².